The van der Waals surface area contributed by atoms with Gasteiger partial charge in [-0.05, 0) is 17.7 Å². The van der Waals surface area contributed by atoms with Crippen molar-refractivity contribution in [1.82, 2.24) is 9.97 Å². The zero-order valence-corrected chi connectivity index (χ0v) is 11.2. The van der Waals surface area contributed by atoms with E-state index in [-0.39, 0.29) is 5.95 Å². The summed E-state index contributed by atoms with van der Waals surface area (Å²) < 4.78 is 1.05. The number of nitrogens with two attached hydrogens (primary N) is 1. The molecule has 3 N–H and O–H groups in total. The molecule has 2 rings (SSSR count). The lowest BCUT2D eigenvalue weighted by Crippen LogP contribution is -2.04. The van der Waals surface area contributed by atoms with Gasteiger partial charge in [0.15, 0.2) is 0 Å². The van der Waals surface area contributed by atoms with Gasteiger partial charge in [-0.1, -0.05) is 39.7 Å². The van der Waals surface area contributed by atoms with Gasteiger partial charge in [0.05, 0.1) is 0 Å². The normalized spacial score (nSPS) is 10.2. The van der Waals surface area contributed by atoms with Gasteiger partial charge in [-0.25, -0.2) is 4.98 Å². The van der Waals surface area contributed by atoms with Crippen LogP contribution in [0.25, 0.3) is 0 Å². The average molecular weight is 314 g/mol. The van der Waals surface area contributed by atoms with Crippen LogP contribution in [-0.4, -0.2) is 9.97 Å². The standard InChI is InChI=1S/C11H10BrClN4/c12-8-3-1-7(2-4-8)6-15-10-5-9(13)16-11(14)17-10/h1-5H,6H2,(H3,14,15,16,17). The monoisotopic (exact) mass is 312 g/mol. The maximum Gasteiger partial charge on any atom is 0.223 e. The van der Waals surface area contributed by atoms with Gasteiger partial charge in [-0.15, -0.1) is 0 Å². The number of hydrogen-bond acceptors (Lipinski definition) is 4. The molecule has 0 amide bonds. The molecule has 0 spiro atoms. The quantitative estimate of drug-likeness (QED) is 0.855. The van der Waals surface area contributed by atoms with Crippen LogP contribution in [0, 0.1) is 0 Å². The Morgan fingerprint density at radius 3 is 2.59 bits per heavy atom. The molecule has 88 valence electrons. The van der Waals surface area contributed by atoms with Crippen molar-refractivity contribution in [2.45, 2.75) is 6.54 Å². The first-order valence-corrected chi connectivity index (χ1v) is 6.09. The maximum atomic E-state index is 5.78. The van der Waals surface area contributed by atoms with E-state index in [0.29, 0.717) is 17.5 Å². The minimum absolute atomic E-state index is 0.163. The molecular formula is C11H10BrClN4. The number of benzene rings is 1. The summed E-state index contributed by atoms with van der Waals surface area (Å²) in [5.74, 6) is 0.779. The van der Waals surface area contributed by atoms with E-state index in [9.17, 15) is 0 Å². The summed E-state index contributed by atoms with van der Waals surface area (Å²) in [4.78, 5) is 7.82. The fraction of sp³-hybridized carbons (Fsp3) is 0.0909. The third kappa shape index (κ3) is 3.57. The summed E-state index contributed by atoms with van der Waals surface area (Å²) in [5, 5.41) is 3.46. The predicted octanol–water partition coefficient (Wildman–Crippen LogP) is 3.09. The number of nitrogen functional groups attached to an aromatic ring is 1. The molecular weight excluding hydrogens is 304 g/mol. The zero-order chi connectivity index (χ0) is 12.3. The summed E-state index contributed by atoms with van der Waals surface area (Å²) >= 11 is 9.16. The van der Waals surface area contributed by atoms with Crippen LogP contribution in [0.4, 0.5) is 11.8 Å². The Kier molecular flexibility index (Phi) is 3.81. The van der Waals surface area contributed by atoms with E-state index in [1.165, 1.54) is 0 Å². The third-order valence-corrected chi connectivity index (χ3v) is 2.82. The van der Waals surface area contributed by atoms with E-state index in [4.69, 9.17) is 17.3 Å². The number of nitrogens with one attached hydrogen (secondary N) is 1. The van der Waals surface area contributed by atoms with Gasteiger partial charge in [0.25, 0.3) is 0 Å². The number of halogens is 2. The number of rotatable bonds is 3. The largest absolute Gasteiger partial charge is 0.368 e. The number of anilines is 2. The molecule has 0 saturated carbocycles. The first-order valence-electron chi connectivity index (χ1n) is 4.92. The maximum absolute atomic E-state index is 5.78. The van der Waals surface area contributed by atoms with Gasteiger partial charge in [0.1, 0.15) is 11.0 Å². The van der Waals surface area contributed by atoms with Crippen molar-refractivity contribution < 1.29 is 0 Å². The van der Waals surface area contributed by atoms with E-state index < -0.39 is 0 Å². The summed E-state index contributed by atoms with van der Waals surface area (Å²) in [5.41, 5.74) is 6.64. The molecule has 4 nitrogen and oxygen atoms in total. The molecule has 6 heteroatoms. The van der Waals surface area contributed by atoms with Crippen LogP contribution in [0.15, 0.2) is 34.8 Å². The Hall–Kier alpha value is -1.33. The first-order chi connectivity index (χ1) is 8.13. The molecule has 0 saturated heterocycles. The van der Waals surface area contributed by atoms with Crippen LogP contribution in [0.1, 0.15) is 5.56 Å². The van der Waals surface area contributed by atoms with E-state index in [1.807, 2.05) is 24.3 Å². The Bertz CT molecular complexity index is 495. The van der Waals surface area contributed by atoms with Crippen molar-refractivity contribution in [3.63, 3.8) is 0 Å². The average Bonchev–Trinajstić information content (AvgIpc) is 2.27. The van der Waals surface area contributed by atoms with Crippen LogP contribution in [-0.2, 0) is 6.54 Å². The van der Waals surface area contributed by atoms with Crippen LogP contribution < -0.4 is 11.1 Å². The van der Waals surface area contributed by atoms with E-state index in [1.54, 1.807) is 6.07 Å². The van der Waals surface area contributed by atoms with Crippen molar-refractivity contribution in [2.75, 3.05) is 11.1 Å². The topological polar surface area (TPSA) is 63.8 Å². The van der Waals surface area contributed by atoms with Crippen molar-refractivity contribution in [1.29, 1.82) is 0 Å². The van der Waals surface area contributed by atoms with Gasteiger partial charge in [0, 0.05) is 17.1 Å². The number of nitrogens with zero attached hydrogens (tertiary/aromatic N) is 2. The van der Waals surface area contributed by atoms with Gasteiger partial charge >= 0.3 is 0 Å². The highest BCUT2D eigenvalue weighted by Gasteiger charge is 2.00. The Balaban J connectivity index is 2.04. The minimum atomic E-state index is 0.163. The van der Waals surface area contributed by atoms with Crippen LogP contribution >= 0.6 is 27.5 Å². The smallest absolute Gasteiger partial charge is 0.223 e. The number of aromatic nitrogens is 2. The van der Waals surface area contributed by atoms with Gasteiger partial charge in [-0.3, -0.25) is 0 Å². The summed E-state index contributed by atoms with van der Waals surface area (Å²) in [6, 6.07) is 9.64. The Morgan fingerprint density at radius 1 is 1.24 bits per heavy atom. The van der Waals surface area contributed by atoms with Crippen LogP contribution in [0.2, 0.25) is 5.15 Å². The van der Waals surface area contributed by atoms with Gasteiger partial charge in [0.2, 0.25) is 5.95 Å². The molecule has 1 aromatic heterocycles. The zero-order valence-electron chi connectivity index (χ0n) is 8.82. The van der Waals surface area contributed by atoms with Crippen molar-refractivity contribution in [3.05, 3.63) is 45.5 Å². The van der Waals surface area contributed by atoms with Crippen molar-refractivity contribution in [3.8, 4) is 0 Å². The molecule has 0 aliphatic rings. The lowest BCUT2D eigenvalue weighted by molar-refractivity contribution is 1.09. The molecule has 17 heavy (non-hydrogen) atoms. The second-order valence-corrected chi connectivity index (χ2v) is 4.72. The lowest BCUT2D eigenvalue weighted by atomic mass is 10.2. The van der Waals surface area contributed by atoms with E-state index in [0.717, 1.165) is 10.0 Å². The van der Waals surface area contributed by atoms with Crippen LogP contribution in [0.3, 0.4) is 0 Å². The summed E-state index contributed by atoms with van der Waals surface area (Å²) in [7, 11) is 0. The Morgan fingerprint density at radius 2 is 1.94 bits per heavy atom. The lowest BCUT2D eigenvalue weighted by Gasteiger charge is -2.06. The van der Waals surface area contributed by atoms with E-state index in [2.05, 4.69) is 31.2 Å². The molecule has 0 fully saturated rings. The second-order valence-electron chi connectivity index (χ2n) is 3.41. The SMILES string of the molecule is Nc1nc(Cl)cc(NCc2ccc(Br)cc2)n1. The highest BCUT2D eigenvalue weighted by Crippen LogP contribution is 2.15. The molecule has 1 heterocycles. The molecule has 1 aromatic carbocycles. The van der Waals surface area contributed by atoms with Crippen LogP contribution in [0.5, 0.6) is 0 Å². The van der Waals surface area contributed by atoms with Crippen molar-refractivity contribution in [2.24, 2.45) is 0 Å². The molecule has 0 aliphatic carbocycles. The Labute approximate surface area is 112 Å². The molecule has 0 aliphatic heterocycles. The second kappa shape index (κ2) is 5.33. The van der Waals surface area contributed by atoms with Gasteiger partial charge in [-0.2, -0.15) is 4.98 Å². The molecule has 2 aromatic rings. The van der Waals surface area contributed by atoms with Crippen molar-refractivity contribution >= 4 is 39.3 Å². The fourth-order valence-corrected chi connectivity index (χ4v) is 1.77. The molecule has 0 bridgehead atoms. The molecule has 0 unspecified atom stereocenters. The highest BCUT2D eigenvalue weighted by molar-refractivity contribution is 9.10. The minimum Gasteiger partial charge on any atom is -0.368 e. The highest BCUT2D eigenvalue weighted by atomic mass is 79.9. The van der Waals surface area contributed by atoms with E-state index >= 15 is 0 Å². The summed E-state index contributed by atoms with van der Waals surface area (Å²) in [6.45, 7) is 0.653. The predicted molar refractivity (Wildman–Crippen MR) is 72.9 cm³/mol. The molecule has 0 atom stereocenters. The van der Waals surface area contributed by atoms with Gasteiger partial charge < -0.3 is 11.1 Å². The molecule has 0 radical (unpaired) electrons. The number of hydrogen-bond donors (Lipinski definition) is 2. The fourth-order valence-electron chi connectivity index (χ4n) is 1.32. The third-order valence-electron chi connectivity index (χ3n) is 2.10. The first kappa shape index (κ1) is 12.1. The summed E-state index contributed by atoms with van der Waals surface area (Å²) in [6.07, 6.45) is 0.